The van der Waals surface area contributed by atoms with Gasteiger partial charge in [-0.2, -0.15) is 0 Å². The lowest BCUT2D eigenvalue weighted by atomic mass is 9.79. The summed E-state index contributed by atoms with van der Waals surface area (Å²) in [5, 5.41) is 4.16. The molecule has 2 aliphatic rings. The predicted molar refractivity (Wildman–Crippen MR) is 100 cm³/mol. The van der Waals surface area contributed by atoms with Crippen molar-refractivity contribution in [3.8, 4) is 0 Å². The number of aromatic nitrogens is 1. The van der Waals surface area contributed by atoms with Gasteiger partial charge >= 0.3 is 0 Å². The van der Waals surface area contributed by atoms with Gasteiger partial charge in [-0.25, -0.2) is 8.42 Å². The molecule has 0 N–H and O–H groups in total. The number of fused-ring (bicyclic) bond motifs is 1. The smallest absolute Gasteiger partial charge is 0.237 e. The first-order chi connectivity index (χ1) is 12.6. The fraction of sp³-hybridized carbons (Fsp3) is 0.737. The molecule has 1 atom stereocenters. The summed E-state index contributed by atoms with van der Waals surface area (Å²) in [6, 6.07) is 0. The summed E-state index contributed by atoms with van der Waals surface area (Å²) in [7, 11) is -3.31. The van der Waals surface area contributed by atoms with E-state index in [0.717, 1.165) is 31.2 Å². The first-order valence-corrected chi connectivity index (χ1v) is 11.7. The largest absolute Gasteiger partial charge is 0.360 e. The summed E-state index contributed by atoms with van der Waals surface area (Å²) in [6.45, 7) is 5.34. The second kappa shape index (κ2) is 7.73. The molecule has 0 radical (unpaired) electrons. The second-order valence-corrected chi connectivity index (χ2v) is 10.5. The molecule has 27 heavy (non-hydrogen) atoms. The molecule has 1 fully saturated rings. The predicted octanol–water partition coefficient (Wildman–Crippen LogP) is 1.90. The molecule has 1 aromatic rings. The van der Waals surface area contributed by atoms with Crippen molar-refractivity contribution in [3.63, 3.8) is 0 Å². The number of Topliss-reactive ketones (excluding diaryl/α,β-unsaturated/α-hetero) is 1. The zero-order chi connectivity index (χ0) is 19.8. The number of hydrogen-bond acceptors (Lipinski definition) is 6. The normalized spacial score (nSPS) is 21.6. The Hall–Kier alpha value is -1.70. The first-order valence-electron chi connectivity index (χ1n) is 9.60. The minimum atomic E-state index is -3.31. The topological polar surface area (TPSA) is 97.6 Å². The summed E-state index contributed by atoms with van der Waals surface area (Å²) in [5.74, 6) is 1.12. The van der Waals surface area contributed by atoms with E-state index in [2.05, 4.69) is 19.0 Å². The molecular weight excluding hydrogens is 368 g/mol. The molecule has 7 nitrogen and oxygen atoms in total. The quantitative estimate of drug-likeness (QED) is 0.754. The van der Waals surface area contributed by atoms with Gasteiger partial charge in [0, 0.05) is 32.2 Å². The first kappa shape index (κ1) is 20.0. The monoisotopic (exact) mass is 396 g/mol. The van der Waals surface area contributed by atoms with E-state index < -0.39 is 15.6 Å². The van der Waals surface area contributed by atoms with Gasteiger partial charge in [-0.15, -0.1) is 0 Å². The third-order valence-electron chi connectivity index (χ3n) is 5.79. The Morgan fingerprint density at radius 2 is 1.93 bits per heavy atom. The molecule has 150 valence electrons. The third-order valence-corrected chi connectivity index (χ3v) is 6.56. The number of rotatable bonds is 5. The lowest BCUT2D eigenvalue weighted by molar-refractivity contribution is -0.129. The van der Waals surface area contributed by atoms with Crippen LogP contribution in [0.4, 0.5) is 0 Å². The Balaban J connectivity index is 1.59. The zero-order valence-electron chi connectivity index (χ0n) is 16.2. The minimum absolute atomic E-state index is 0.131. The van der Waals surface area contributed by atoms with Crippen LogP contribution in [0.1, 0.15) is 54.9 Å². The van der Waals surface area contributed by atoms with Gasteiger partial charge in [0.2, 0.25) is 5.91 Å². The summed E-state index contributed by atoms with van der Waals surface area (Å²) in [5.41, 5.74) is 1.48. The average molecular weight is 397 g/mol. The summed E-state index contributed by atoms with van der Waals surface area (Å²) < 4.78 is 28.1. The van der Waals surface area contributed by atoms with Crippen LogP contribution >= 0.6 is 0 Å². The Kier molecular flexibility index (Phi) is 5.74. The molecule has 1 aliphatic carbocycles. The van der Waals surface area contributed by atoms with E-state index in [1.807, 2.05) is 0 Å². The SMILES string of the molecule is CC(C)C1CC(=O)c2c(noc2CC2CCN(C(=O)CS(C)(=O)=O)CC2)C1. The highest BCUT2D eigenvalue weighted by Crippen LogP contribution is 2.33. The lowest BCUT2D eigenvalue weighted by Gasteiger charge is -2.31. The number of likely N-dealkylation sites (tertiary alicyclic amines) is 1. The van der Waals surface area contributed by atoms with Gasteiger partial charge in [0.1, 0.15) is 11.5 Å². The summed E-state index contributed by atoms with van der Waals surface area (Å²) >= 11 is 0. The van der Waals surface area contributed by atoms with E-state index >= 15 is 0 Å². The number of carbonyl (C=O) groups is 2. The van der Waals surface area contributed by atoms with Crippen molar-refractivity contribution in [3.05, 3.63) is 17.0 Å². The van der Waals surface area contributed by atoms with Crippen LogP contribution in [-0.4, -0.2) is 55.3 Å². The molecule has 0 saturated carbocycles. The second-order valence-electron chi connectivity index (χ2n) is 8.36. The van der Waals surface area contributed by atoms with E-state index in [1.54, 1.807) is 4.90 Å². The Bertz CT molecular complexity index is 819. The van der Waals surface area contributed by atoms with Gasteiger partial charge in [0.25, 0.3) is 0 Å². The van der Waals surface area contributed by atoms with E-state index in [0.29, 0.717) is 55.0 Å². The molecule has 8 heteroatoms. The van der Waals surface area contributed by atoms with Crippen molar-refractivity contribution in [2.24, 2.45) is 17.8 Å². The van der Waals surface area contributed by atoms with Crippen molar-refractivity contribution < 1.29 is 22.5 Å². The molecule has 3 rings (SSSR count). The number of sulfone groups is 1. The Morgan fingerprint density at radius 3 is 2.52 bits per heavy atom. The standard InChI is InChI=1S/C19H28N2O5S/c1-12(2)14-9-15-19(16(22)10-14)17(26-20-15)8-13-4-6-21(7-5-13)18(23)11-27(3,24)25/h12-14H,4-11H2,1-3H3. The van der Waals surface area contributed by atoms with E-state index in [4.69, 9.17) is 4.52 Å². The van der Waals surface area contributed by atoms with Crippen LogP contribution in [0.2, 0.25) is 0 Å². The highest BCUT2D eigenvalue weighted by Gasteiger charge is 2.34. The number of hydrogen-bond donors (Lipinski definition) is 0. The van der Waals surface area contributed by atoms with Crippen LogP contribution in [0.15, 0.2) is 4.52 Å². The molecule has 1 unspecified atom stereocenters. The maximum Gasteiger partial charge on any atom is 0.237 e. The molecule has 0 bridgehead atoms. The molecule has 1 amide bonds. The summed E-state index contributed by atoms with van der Waals surface area (Å²) in [6.07, 6.45) is 4.61. The van der Waals surface area contributed by atoms with Crippen LogP contribution in [0.3, 0.4) is 0 Å². The molecule has 2 heterocycles. The van der Waals surface area contributed by atoms with Crippen LogP contribution in [0.5, 0.6) is 0 Å². The van der Waals surface area contributed by atoms with Gasteiger partial charge in [0.05, 0.1) is 11.3 Å². The van der Waals surface area contributed by atoms with E-state index in [-0.39, 0.29) is 11.7 Å². The van der Waals surface area contributed by atoms with Gasteiger partial charge in [0.15, 0.2) is 15.6 Å². The number of carbonyl (C=O) groups excluding carboxylic acids is 2. The van der Waals surface area contributed by atoms with Crippen molar-refractivity contribution >= 4 is 21.5 Å². The zero-order valence-corrected chi connectivity index (χ0v) is 17.0. The maximum absolute atomic E-state index is 12.6. The van der Waals surface area contributed by atoms with Crippen molar-refractivity contribution in [1.82, 2.24) is 10.1 Å². The molecule has 0 aromatic carbocycles. The highest BCUT2D eigenvalue weighted by atomic mass is 32.2. The molecule has 1 aromatic heterocycles. The Labute approximate surface area is 160 Å². The number of ketones is 1. The van der Waals surface area contributed by atoms with Crippen LogP contribution in [-0.2, 0) is 27.5 Å². The fourth-order valence-corrected chi connectivity index (χ4v) is 4.69. The van der Waals surface area contributed by atoms with Crippen LogP contribution < -0.4 is 0 Å². The average Bonchev–Trinajstić information content (AvgIpc) is 2.97. The Morgan fingerprint density at radius 1 is 1.26 bits per heavy atom. The van der Waals surface area contributed by atoms with Crippen molar-refractivity contribution in [2.75, 3.05) is 25.1 Å². The number of nitrogens with zero attached hydrogens (tertiary/aromatic N) is 2. The molecule has 0 spiro atoms. The third kappa shape index (κ3) is 4.78. The van der Waals surface area contributed by atoms with Crippen LogP contribution in [0.25, 0.3) is 0 Å². The van der Waals surface area contributed by atoms with E-state index in [1.165, 1.54) is 0 Å². The van der Waals surface area contributed by atoms with Crippen LogP contribution in [0, 0.1) is 17.8 Å². The van der Waals surface area contributed by atoms with E-state index in [9.17, 15) is 18.0 Å². The highest BCUT2D eigenvalue weighted by molar-refractivity contribution is 7.91. The number of amides is 1. The van der Waals surface area contributed by atoms with Gasteiger partial charge in [-0.1, -0.05) is 19.0 Å². The molecular formula is C19H28N2O5S. The van der Waals surface area contributed by atoms with Crippen molar-refractivity contribution in [1.29, 1.82) is 0 Å². The minimum Gasteiger partial charge on any atom is -0.360 e. The summed E-state index contributed by atoms with van der Waals surface area (Å²) in [4.78, 5) is 26.2. The molecule has 1 saturated heterocycles. The number of piperidine rings is 1. The van der Waals surface area contributed by atoms with Gasteiger partial charge in [-0.05, 0) is 37.0 Å². The van der Waals surface area contributed by atoms with Crippen molar-refractivity contribution in [2.45, 2.75) is 46.0 Å². The van der Waals surface area contributed by atoms with Gasteiger partial charge in [-0.3, -0.25) is 9.59 Å². The van der Waals surface area contributed by atoms with Gasteiger partial charge < -0.3 is 9.42 Å². The lowest BCUT2D eigenvalue weighted by Crippen LogP contribution is -2.41. The molecule has 1 aliphatic heterocycles. The maximum atomic E-state index is 12.6. The fourth-order valence-electron chi connectivity index (χ4n) is 4.05.